The van der Waals surface area contributed by atoms with Crippen molar-refractivity contribution in [2.24, 2.45) is 0 Å². The lowest BCUT2D eigenvalue weighted by atomic mass is 10.3. The molecule has 0 saturated heterocycles. The first-order valence-corrected chi connectivity index (χ1v) is 4.87. The molecule has 15 heavy (non-hydrogen) atoms. The van der Waals surface area contributed by atoms with Crippen molar-refractivity contribution in [3.05, 3.63) is 24.7 Å². The predicted molar refractivity (Wildman–Crippen MR) is 58.5 cm³/mol. The Morgan fingerprint density at radius 3 is 2.80 bits per heavy atom. The topological polar surface area (TPSA) is 55.6 Å². The molecular formula is C10H13N5. The molecular weight excluding hydrogens is 190 g/mol. The zero-order chi connectivity index (χ0) is 10.7. The highest BCUT2D eigenvalue weighted by atomic mass is 15.3. The van der Waals surface area contributed by atoms with Gasteiger partial charge in [0.2, 0.25) is 0 Å². The number of hydrogen-bond donors (Lipinski definition) is 1. The molecule has 0 unspecified atom stereocenters. The van der Waals surface area contributed by atoms with Crippen molar-refractivity contribution >= 4 is 5.82 Å². The summed E-state index contributed by atoms with van der Waals surface area (Å²) >= 11 is 0. The van der Waals surface area contributed by atoms with Crippen LogP contribution in [0.2, 0.25) is 0 Å². The average Bonchev–Trinajstić information content (AvgIpc) is 2.76. The number of hydrogen-bond acceptors (Lipinski definition) is 4. The van der Waals surface area contributed by atoms with E-state index in [1.165, 1.54) is 0 Å². The Kier molecular flexibility index (Phi) is 2.62. The number of nitrogens with one attached hydrogen (secondary N) is 1. The fourth-order valence-electron chi connectivity index (χ4n) is 1.49. The molecule has 0 spiro atoms. The summed E-state index contributed by atoms with van der Waals surface area (Å²) < 4.78 is 1.89. The number of nitrogens with zero attached hydrogens (tertiary/aromatic N) is 4. The van der Waals surface area contributed by atoms with E-state index in [0.717, 1.165) is 23.8 Å². The fourth-order valence-corrected chi connectivity index (χ4v) is 1.49. The van der Waals surface area contributed by atoms with Crippen LogP contribution in [0.5, 0.6) is 0 Å². The highest BCUT2D eigenvalue weighted by Crippen LogP contribution is 2.22. The summed E-state index contributed by atoms with van der Waals surface area (Å²) in [5, 5.41) is 7.23. The SMILES string of the molecule is CCn1nccc1-c1nccnc1NC. The molecule has 0 aromatic carbocycles. The van der Waals surface area contributed by atoms with E-state index in [2.05, 4.69) is 20.4 Å². The summed E-state index contributed by atoms with van der Waals surface area (Å²) in [6, 6.07) is 1.94. The van der Waals surface area contributed by atoms with Crippen LogP contribution in [-0.4, -0.2) is 26.8 Å². The molecule has 2 heterocycles. The van der Waals surface area contributed by atoms with Gasteiger partial charge in [0.15, 0.2) is 5.82 Å². The van der Waals surface area contributed by atoms with Gasteiger partial charge in [-0.3, -0.25) is 4.68 Å². The lowest BCUT2D eigenvalue weighted by molar-refractivity contribution is 0.665. The Balaban J connectivity index is 2.53. The Bertz CT molecular complexity index is 449. The molecule has 5 heteroatoms. The first-order valence-electron chi connectivity index (χ1n) is 4.87. The van der Waals surface area contributed by atoms with Crippen LogP contribution >= 0.6 is 0 Å². The maximum Gasteiger partial charge on any atom is 0.153 e. The average molecular weight is 203 g/mol. The van der Waals surface area contributed by atoms with Crippen molar-refractivity contribution < 1.29 is 0 Å². The Morgan fingerprint density at radius 2 is 2.07 bits per heavy atom. The van der Waals surface area contributed by atoms with Crippen molar-refractivity contribution in [1.29, 1.82) is 0 Å². The number of rotatable bonds is 3. The summed E-state index contributed by atoms with van der Waals surface area (Å²) in [5.41, 5.74) is 1.81. The van der Waals surface area contributed by atoms with Gasteiger partial charge in [0.1, 0.15) is 5.69 Å². The van der Waals surface area contributed by atoms with Crippen LogP contribution in [0, 0.1) is 0 Å². The van der Waals surface area contributed by atoms with E-state index in [1.54, 1.807) is 18.6 Å². The fraction of sp³-hybridized carbons (Fsp3) is 0.300. The van der Waals surface area contributed by atoms with E-state index < -0.39 is 0 Å². The van der Waals surface area contributed by atoms with Gasteiger partial charge in [-0.15, -0.1) is 0 Å². The van der Waals surface area contributed by atoms with Crippen LogP contribution in [-0.2, 0) is 6.54 Å². The van der Waals surface area contributed by atoms with Crippen molar-refractivity contribution in [2.75, 3.05) is 12.4 Å². The zero-order valence-corrected chi connectivity index (χ0v) is 8.81. The normalized spacial score (nSPS) is 10.3. The first-order chi connectivity index (χ1) is 7.36. The standard InChI is InChI=1S/C10H13N5/c1-3-15-8(4-5-14-15)9-10(11-2)13-7-6-12-9/h4-7H,3H2,1-2H3,(H,11,13). The van der Waals surface area contributed by atoms with Gasteiger partial charge in [0.05, 0.1) is 5.69 Å². The molecule has 0 saturated carbocycles. The maximum absolute atomic E-state index is 4.31. The van der Waals surface area contributed by atoms with Crippen LogP contribution in [0.4, 0.5) is 5.82 Å². The molecule has 1 N–H and O–H groups in total. The van der Waals surface area contributed by atoms with Gasteiger partial charge in [0.25, 0.3) is 0 Å². The van der Waals surface area contributed by atoms with Gasteiger partial charge >= 0.3 is 0 Å². The second-order valence-corrected chi connectivity index (χ2v) is 3.04. The molecule has 2 aromatic heterocycles. The monoisotopic (exact) mass is 203 g/mol. The van der Waals surface area contributed by atoms with Gasteiger partial charge in [-0.05, 0) is 13.0 Å². The van der Waals surface area contributed by atoms with E-state index in [9.17, 15) is 0 Å². The number of anilines is 1. The van der Waals surface area contributed by atoms with E-state index in [4.69, 9.17) is 0 Å². The molecule has 2 aromatic rings. The van der Waals surface area contributed by atoms with Crippen molar-refractivity contribution in [1.82, 2.24) is 19.7 Å². The third-order valence-electron chi connectivity index (χ3n) is 2.19. The molecule has 0 bridgehead atoms. The molecule has 2 rings (SSSR count). The van der Waals surface area contributed by atoms with Gasteiger partial charge < -0.3 is 5.32 Å². The zero-order valence-electron chi connectivity index (χ0n) is 8.81. The minimum Gasteiger partial charge on any atom is -0.371 e. The second-order valence-electron chi connectivity index (χ2n) is 3.04. The molecule has 0 aliphatic carbocycles. The van der Waals surface area contributed by atoms with Crippen LogP contribution < -0.4 is 5.32 Å². The highest BCUT2D eigenvalue weighted by Gasteiger charge is 2.10. The summed E-state index contributed by atoms with van der Waals surface area (Å²) in [4.78, 5) is 8.53. The minimum absolute atomic E-state index is 0.771. The molecule has 0 amide bonds. The third kappa shape index (κ3) is 1.68. The molecule has 0 aliphatic heterocycles. The third-order valence-corrected chi connectivity index (χ3v) is 2.19. The summed E-state index contributed by atoms with van der Waals surface area (Å²) in [6.07, 6.45) is 5.12. The molecule has 5 nitrogen and oxygen atoms in total. The summed E-state index contributed by atoms with van der Waals surface area (Å²) in [6.45, 7) is 2.87. The number of aromatic nitrogens is 4. The van der Waals surface area contributed by atoms with E-state index in [-0.39, 0.29) is 0 Å². The predicted octanol–water partition coefficient (Wildman–Crippen LogP) is 1.40. The van der Waals surface area contributed by atoms with E-state index in [1.807, 2.05) is 24.7 Å². The minimum atomic E-state index is 0.771. The van der Waals surface area contributed by atoms with Crippen molar-refractivity contribution in [3.8, 4) is 11.4 Å². The van der Waals surface area contributed by atoms with Gasteiger partial charge in [-0.25, -0.2) is 9.97 Å². The molecule has 0 radical (unpaired) electrons. The van der Waals surface area contributed by atoms with Gasteiger partial charge in [-0.2, -0.15) is 5.10 Å². The Morgan fingerprint density at radius 1 is 1.27 bits per heavy atom. The number of aryl methyl sites for hydroxylation is 1. The molecule has 0 fully saturated rings. The summed E-state index contributed by atoms with van der Waals surface area (Å²) in [5.74, 6) is 0.771. The van der Waals surface area contributed by atoms with Crippen molar-refractivity contribution in [3.63, 3.8) is 0 Å². The van der Waals surface area contributed by atoms with Crippen LogP contribution in [0.1, 0.15) is 6.92 Å². The molecule has 78 valence electrons. The maximum atomic E-state index is 4.31. The highest BCUT2D eigenvalue weighted by molar-refractivity contribution is 5.67. The van der Waals surface area contributed by atoms with Crippen LogP contribution in [0.3, 0.4) is 0 Å². The lowest BCUT2D eigenvalue weighted by Crippen LogP contribution is -2.03. The van der Waals surface area contributed by atoms with Crippen LogP contribution in [0.15, 0.2) is 24.7 Å². The molecule has 0 atom stereocenters. The first kappa shape index (κ1) is 9.64. The summed E-state index contributed by atoms with van der Waals surface area (Å²) in [7, 11) is 1.83. The van der Waals surface area contributed by atoms with E-state index >= 15 is 0 Å². The lowest BCUT2D eigenvalue weighted by Gasteiger charge is -2.07. The van der Waals surface area contributed by atoms with Crippen molar-refractivity contribution in [2.45, 2.75) is 13.5 Å². The Labute approximate surface area is 88.2 Å². The second kappa shape index (κ2) is 4.08. The van der Waals surface area contributed by atoms with Crippen LogP contribution in [0.25, 0.3) is 11.4 Å². The quantitative estimate of drug-likeness (QED) is 0.819. The smallest absolute Gasteiger partial charge is 0.153 e. The Hall–Kier alpha value is -1.91. The molecule has 0 aliphatic rings. The van der Waals surface area contributed by atoms with Gasteiger partial charge in [-0.1, -0.05) is 0 Å². The van der Waals surface area contributed by atoms with Gasteiger partial charge in [0, 0.05) is 32.2 Å². The largest absolute Gasteiger partial charge is 0.371 e. The van der Waals surface area contributed by atoms with E-state index in [0.29, 0.717) is 0 Å².